The third-order valence-electron chi connectivity index (χ3n) is 4.05. The molecule has 0 bridgehead atoms. The molecule has 5 nitrogen and oxygen atoms in total. The molecule has 1 unspecified atom stereocenters. The number of amides is 1. The molecule has 1 amide bonds. The average molecular weight is 370 g/mol. The van der Waals surface area contributed by atoms with Gasteiger partial charge in [0.05, 0.1) is 11.0 Å². The molecule has 1 aromatic heterocycles. The number of nitrogens with zero attached hydrogens (tertiary/aromatic N) is 1. The lowest BCUT2D eigenvalue weighted by Gasteiger charge is -2.19. The number of halogens is 1. The second-order valence-corrected chi connectivity index (χ2v) is 6.66. The summed E-state index contributed by atoms with van der Waals surface area (Å²) in [5, 5.41) is 15.9. The lowest BCUT2D eigenvalue weighted by Crippen LogP contribution is -2.29. The topological polar surface area (TPSA) is 72.2 Å². The summed E-state index contributed by atoms with van der Waals surface area (Å²) in [6.07, 6.45) is 0. The summed E-state index contributed by atoms with van der Waals surface area (Å²) in [6.45, 7) is 1.55. The molecule has 0 aliphatic heterocycles. The van der Waals surface area contributed by atoms with Crippen LogP contribution in [-0.2, 0) is 0 Å². The van der Waals surface area contributed by atoms with Crippen LogP contribution >= 0.6 is 11.3 Å². The molecule has 0 aliphatic rings. The van der Waals surface area contributed by atoms with Gasteiger partial charge in [-0.3, -0.25) is 14.9 Å². The Labute approximate surface area is 153 Å². The minimum absolute atomic E-state index is 0.105. The zero-order valence-corrected chi connectivity index (χ0v) is 14.6. The summed E-state index contributed by atoms with van der Waals surface area (Å²) in [4.78, 5) is 24.3. The van der Waals surface area contributed by atoms with E-state index in [-0.39, 0.29) is 17.1 Å². The first-order valence-corrected chi connectivity index (χ1v) is 8.69. The first-order chi connectivity index (χ1) is 12.5. The molecule has 0 saturated heterocycles. The highest BCUT2D eigenvalue weighted by molar-refractivity contribution is 7.10. The molecule has 1 atom stereocenters. The highest BCUT2D eigenvalue weighted by atomic mass is 32.1. The van der Waals surface area contributed by atoms with Gasteiger partial charge in [0.1, 0.15) is 5.82 Å². The Hall–Kier alpha value is -3.06. The second-order valence-electron chi connectivity index (χ2n) is 5.68. The SMILES string of the molecule is Cc1c(C(=O)NC(c2ccc(F)cc2)c2cccs2)cccc1[N+](=O)[O-]. The van der Waals surface area contributed by atoms with Crippen LogP contribution in [-0.4, -0.2) is 10.8 Å². The summed E-state index contributed by atoms with van der Waals surface area (Å²) in [5.74, 6) is -0.784. The van der Waals surface area contributed by atoms with Gasteiger partial charge >= 0.3 is 0 Å². The summed E-state index contributed by atoms with van der Waals surface area (Å²) >= 11 is 1.46. The van der Waals surface area contributed by atoms with E-state index in [0.717, 1.165) is 10.4 Å². The van der Waals surface area contributed by atoms with Gasteiger partial charge in [0.15, 0.2) is 0 Å². The predicted octanol–water partition coefficient (Wildman–Crippen LogP) is 4.62. The molecule has 132 valence electrons. The Bertz CT molecular complexity index is 940. The van der Waals surface area contributed by atoms with Crippen LogP contribution in [0.1, 0.15) is 32.4 Å². The molecule has 26 heavy (non-hydrogen) atoms. The van der Waals surface area contributed by atoms with Crippen molar-refractivity contribution >= 4 is 22.9 Å². The number of hydrogen-bond acceptors (Lipinski definition) is 4. The summed E-state index contributed by atoms with van der Waals surface area (Å²) < 4.78 is 13.2. The molecule has 3 aromatic rings. The summed E-state index contributed by atoms with van der Waals surface area (Å²) in [7, 11) is 0. The maximum atomic E-state index is 13.2. The first-order valence-electron chi connectivity index (χ1n) is 7.81. The number of nitrogens with one attached hydrogen (secondary N) is 1. The smallest absolute Gasteiger partial charge is 0.273 e. The molecular formula is C19H15FN2O3S. The fourth-order valence-electron chi connectivity index (χ4n) is 2.71. The highest BCUT2D eigenvalue weighted by Gasteiger charge is 2.22. The van der Waals surface area contributed by atoms with Gasteiger partial charge in [-0.2, -0.15) is 0 Å². The van der Waals surface area contributed by atoms with E-state index in [1.54, 1.807) is 25.1 Å². The fourth-order valence-corrected chi connectivity index (χ4v) is 3.51. The van der Waals surface area contributed by atoms with Crippen LogP contribution in [0.15, 0.2) is 60.0 Å². The van der Waals surface area contributed by atoms with E-state index >= 15 is 0 Å². The maximum Gasteiger partial charge on any atom is 0.273 e. The molecule has 1 N–H and O–H groups in total. The number of rotatable bonds is 5. The zero-order chi connectivity index (χ0) is 18.7. The fraction of sp³-hybridized carbons (Fsp3) is 0.105. The van der Waals surface area contributed by atoms with Crippen molar-refractivity contribution < 1.29 is 14.1 Å². The van der Waals surface area contributed by atoms with Crippen molar-refractivity contribution in [3.8, 4) is 0 Å². The van der Waals surface area contributed by atoms with E-state index < -0.39 is 16.9 Å². The monoisotopic (exact) mass is 370 g/mol. The van der Waals surface area contributed by atoms with Crippen molar-refractivity contribution in [2.24, 2.45) is 0 Å². The van der Waals surface area contributed by atoms with E-state index in [2.05, 4.69) is 5.32 Å². The van der Waals surface area contributed by atoms with Gasteiger partial charge < -0.3 is 5.32 Å². The normalized spacial score (nSPS) is 11.8. The predicted molar refractivity (Wildman–Crippen MR) is 97.9 cm³/mol. The lowest BCUT2D eigenvalue weighted by atomic mass is 10.0. The van der Waals surface area contributed by atoms with Gasteiger partial charge in [-0.25, -0.2) is 4.39 Å². The standard InChI is InChI=1S/C19H15FN2O3S/c1-12-15(4-2-5-16(12)22(24)25)19(23)21-18(17-6-3-11-26-17)13-7-9-14(20)10-8-13/h2-11,18H,1H3,(H,21,23). The molecule has 0 radical (unpaired) electrons. The second kappa shape index (κ2) is 7.45. The average Bonchev–Trinajstić information content (AvgIpc) is 3.14. The van der Waals surface area contributed by atoms with Crippen LogP contribution in [0, 0.1) is 22.9 Å². The van der Waals surface area contributed by atoms with Gasteiger partial charge in [-0.15, -0.1) is 11.3 Å². The van der Waals surface area contributed by atoms with E-state index in [9.17, 15) is 19.3 Å². The van der Waals surface area contributed by atoms with Crippen molar-refractivity contribution in [3.05, 3.63) is 97.5 Å². The molecule has 0 saturated carbocycles. The number of thiophene rings is 1. The van der Waals surface area contributed by atoms with Crippen molar-refractivity contribution in [2.45, 2.75) is 13.0 Å². The quantitative estimate of drug-likeness (QED) is 0.526. The largest absolute Gasteiger partial charge is 0.340 e. The maximum absolute atomic E-state index is 13.2. The molecule has 7 heteroatoms. The highest BCUT2D eigenvalue weighted by Crippen LogP contribution is 2.28. The molecule has 0 fully saturated rings. The van der Waals surface area contributed by atoms with Crippen LogP contribution in [0.25, 0.3) is 0 Å². The Balaban J connectivity index is 1.95. The van der Waals surface area contributed by atoms with Crippen LogP contribution in [0.5, 0.6) is 0 Å². The first kappa shape index (κ1) is 17.8. The molecule has 2 aromatic carbocycles. The van der Waals surface area contributed by atoms with Gasteiger partial charge in [-0.1, -0.05) is 24.3 Å². The number of nitro groups is 1. The third kappa shape index (κ3) is 3.62. The number of carbonyl (C=O) groups excluding carboxylic acids is 1. The molecule has 0 aliphatic carbocycles. The Morgan fingerprint density at radius 2 is 1.88 bits per heavy atom. The number of carbonyl (C=O) groups is 1. The van der Waals surface area contributed by atoms with E-state index in [1.807, 2.05) is 17.5 Å². The lowest BCUT2D eigenvalue weighted by molar-refractivity contribution is -0.385. The van der Waals surface area contributed by atoms with E-state index in [0.29, 0.717) is 5.56 Å². The minimum atomic E-state index is -0.511. The van der Waals surface area contributed by atoms with Crippen LogP contribution in [0.3, 0.4) is 0 Å². The van der Waals surface area contributed by atoms with Crippen molar-refractivity contribution in [2.75, 3.05) is 0 Å². The summed E-state index contributed by atoms with van der Waals surface area (Å²) in [5.41, 5.74) is 1.17. The zero-order valence-electron chi connectivity index (χ0n) is 13.8. The van der Waals surface area contributed by atoms with Gasteiger partial charge in [0.2, 0.25) is 0 Å². The number of hydrogen-bond donors (Lipinski definition) is 1. The summed E-state index contributed by atoms with van der Waals surface area (Å²) in [6, 6.07) is 13.6. The van der Waals surface area contributed by atoms with Crippen molar-refractivity contribution in [1.29, 1.82) is 0 Å². The minimum Gasteiger partial charge on any atom is -0.340 e. The Morgan fingerprint density at radius 1 is 1.15 bits per heavy atom. The number of nitro benzene ring substituents is 1. The van der Waals surface area contributed by atoms with Crippen molar-refractivity contribution in [1.82, 2.24) is 5.32 Å². The van der Waals surface area contributed by atoms with Crippen molar-refractivity contribution in [3.63, 3.8) is 0 Å². The Morgan fingerprint density at radius 3 is 2.50 bits per heavy atom. The molecule has 0 spiro atoms. The van der Waals surface area contributed by atoms with Crippen LogP contribution < -0.4 is 5.32 Å². The molecule has 1 heterocycles. The Kier molecular flexibility index (Phi) is 5.09. The number of benzene rings is 2. The van der Waals surface area contributed by atoms with Gasteiger partial charge in [0, 0.05) is 22.1 Å². The van der Waals surface area contributed by atoms with Gasteiger partial charge in [-0.05, 0) is 42.1 Å². The molecular weight excluding hydrogens is 355 g/mol. The third-order valence-corrected chi connectivity index (χ3v) is 4.99. The van der Waals surface area contributed by atoms with E-state index in [1.165, 1.54) is 35.6 Å². The molecule has 3 rings (SSSR count). The van der Waals surface area contributed by atoms with Gasteiger partial charge in [0.25, 0.3) is 11.6 Å². The van der Waals surface area contributed by atoms with Crippen LogP contribution in [0.2, 0.25) is 0 Å². The van der Waals surface area contributed by atoms with E-state index in [4.69, 9.17) is 0 Å². The van der Waals surface area contributed by atoms with Crippen LogP contribution in [0.4, 0.5) is 10.1 Å².